The molecule has 2 aromatic carbocycles. The van der Waals surface area contributed by atoms with Crippen LogP contribution in [0.25, 0.3) is 11.4 Å². The van der Waals surface area contributed by atoms with E-state index in [2.05, 4.69) is 64.2 Å². The molecule has 0 bridgehead atoms. The van der Waals surface area contributed by atoms with E-state index in [0.29, 0.717) is 23.3 Å². The van der Waals surface area contributed by atoms with Crippen molar-refractivity contribution in [2.45, 2.75) is 25.9 Å². The number of rotatable bonds is 7. The Morgan fingerprint density at radius 2 is 1.86 bits per heavy atom. The molecule has 0 radical (unpaired) electrons. The van der Waals surface area contributed by atoms with Gasteiger partial charge in [-0.15, -0.1) is 11.3 Å². The minimum absolute atomic E-state index is 0.0804. The zero-order valence-electron chi connectivity index (χ0n) is 15.4. The summed E-state index contributed by atoms with van der Waals surface area (Å²) in [5.41, 5.74) is 3.43. The van der Waals surface area contributed by atoms with Crippen LogP contribution in [0, 0.1) is 0 Å². The van der Waals surface area contributed by atoms with E-state index in [4.69, 9.17) is 16.1 Å². The number of hydrogen-bond acceptors (Lipinski definition) is 5. The van der Waals surface area contributed by atoms with Gasteiger partial charge in [0.15, 0.2) is 0 Å². The number of halogens is 1. The molecule has 2 aromatic heterocycles. The highest BCUT2D eigenvalue weighted by Crippen LogP contribution is 2.27. The second-order valence-corrected chi connectivity index (χ2v) is 7.86. The molecule has 0 unspecified atom stereocenters. The van der Waals surface area contributed by atoms with Crippen LogP contribution < -0.4 is 5.32 Å². The van der Waals surface area contributed by atoms with Crippen molar-refractivity contribution in [3.63, 3.8) is 0 Å². The number of aryl methyl sites for hydroxylation is 1. The van der Waals surface area contributed by atoms with Gasteiger partial charge in [0.05, 0.1) is 12.6 Å². The molecule has 0 aliphatic carbocycles. The lowest BCUT2D eigenvalue weighted by Gasteiger charge is -2.17. The Morgan fingerprint density at radius 1 is 1.07 bits per heavy atom. The fourth-order valence-electron chi connectivity index (χ4n) is 3.02. The van der Waals surface area contributed by atoms with Gasteiger partial charge in [0.25, 0.3) is 0 Å². The maximum Gasteiger partial charge on any atom is 0.240 e. The molecule has 0 saturated heterocycles. The molecule has 6 heteroatoms. The molecular formula is C22H20ClN3OS. The minimum Gasteiger partial charge on any atom is -0.338 e. The average molecular weight is 410 g/mol. The first kappa shape index (κ1) is 18.9. The van der Waals surface area contributed by atoms with Crippen molar-refractivity contribution < 1.29 is 4.52 Å². The first-order chi connectivity index (χ1) is 13.7. The molecule has 0 spiro atoms. The zero-order valence-corrected chi connectivity index (χ0v) is 17.0. The zero-order chi connectivity index (χ0) is 19.3. The second kappa shape index (κ2) is 8.69. The summed E-state index contributed by atoms with van der Waals surface area (Å²) in [6.45, 7) is 2.65. The first-order valence-corrected chi connectivity index (χ1v) is 10.4. The van der Waals surface area contributed by atoms with Gasteiger partial charge >= 0.3 is 0 Å². The second-order valence-electron chi connectivity index (χ2n) is 6.44. The summed E-state index contributed by atoms with van der Waals surface area (Å²) in [4.78, 5) is 5.76. The summed E-state index contributed by atoms with van der Waals surface area (Å²) < 4.78 is 5.44. The molecule has 1 N–H and O–H groups in total. The van der Waals surface area contributed by atoms with Gasteiger partial charge in [-0.3, -0.25) is 5.32 Å². The van der Waals surface area contributed by atoms with Crippen molar-refractivity contribution in [2.24, 2.45) is 0 Å². The van der Waals surface area contributed by atoms with Crippen LogP contribution in [-0.4, -0.2) is 10.1 Å². The van der Waals surface area contributed by atoms with Crippen molar-refractivity contribution in [1.82, 2.24) is 15.5 Å². The molecule has 0 fully saturated rings. The smallest absolute Gasteiger partial charge is 0.240 e. The maximum atomic E-state index is 5.94. The first-order valence-electron chi connectivity index (χ1n) is 9.17. The van der Waals surface area contributed by atoms with Crippen LogP contribution >= 0.6 is 22.9 Å². The van der Waals surface area contributed by atoms with Crippen molar-refractivity contribution in [3.8, 4) is 11.4 Å². The molecule has 0 saturated carbocycles. The van der Waals surface area contributed by atoms with Gasteiger partial charge in [0.1, 0.15) is 0 Å². The topological polar surface area (TPSA) is 51.0 Å². The van der Waals surface area contributed by atoms with E-state index in [1.165, 1.54) is 16.0 Å². The van der Waals surface area contributed by atoms with E-state index in [1.54, 1.807) is 11.3 Å². The van der Waals surface area contributed by atoms with Gasteiger partial charge < -0.3 is 4.52 Å². The number of aromatic nitrogens is 2. The predicted octanol–water partition coefficient (Wildman–Crippen LogP) is 5.89. The quantitative estimate of drug-likeness (QED) is 0.413. The number of nitrogens with zero attached hydrogens (tertiary/aromatic N) is 2. The Bertz CT molecular complexity index is 1010. The molecule has 0 aliphatic rings. The molecule has 4 aromatic rings. The molecule has 142 valence electrons. The van der Waals surface area contributed by atoms with E-state index in [1.807, 2.05) is 24.3 Å². The monoisotopic (exact) mass is 409 g/mol. The Balaban J connectivity index is 1.51. The number of nitrogens with one attached hydrogen (secondary N) is 1. The van der Waals surface area contributed by atoms with Crippen LogP contribution in [0.5, 0.6) is 0 Å². The van der Waals surface area contributed by atoms with Gasteiger partial charge in [-0.1, -0.05) is 54.0 Å². The summed E-state index contributed by atoms with van der Waals surface area (Å²) in [6, 6.07) is 20.4. The van der Waals surface area contributed by atoms with Crippen LogP contribution in [0.3, 0.4) is 0 Å². The van der Waals surface area contributed by atoms with Crippen molar-refractivity contribution in [1.29, 1.82) is 0 Å². The van der Waals surface area contributed by atoms with Crippen LogP contribution in [0.1, 0.15) is 34.9 Å². The minimum atomic E-state index is 0.0804. The lowest BCUT2D eigenvalue weighted by atomic mass is 10.0. The molecule has 1 atom stereocenters. The summed E-state index contributed by atoms with van der Waals surface area (Å²) >= 11 is 7.67. The third kappa shape index (κ3) is 4.33. The normalized spacial score (nSPS) is 12.2. The van der Waals surface area contributed by atoms with E-state index in [0.717, 1.165) is 12.0 Å². The highest BCUT2D eigenvalue weighted by Gasteiger charge is 2.17. The number of benzene rings is 2. The molecular weight excluding hydrogens is 390 g/mol. The number of hydrogen-bond donors (Lipinski definition) is 1. The molecule has 2 heterocycles. The fourth-order valence-corrected chi connectivity index (χ4v) is 3.97. The molecule has 0 amide bonds. The lowest BCUT2D eigenvalue weighted by Crippen LogP contribution is -2.21. The van der Waals surface area contributed by atoms with Crippen molar-refractivity contribution in [3.05, 3.63) is 93.0 Å². The fraction of sp³-hybridized carbons (Fsp3) is 0.182. The lowest BCUT2D eigenvalue weighted by molar-refractivity contribution is 0.363. The maximum absolute atomic E-state index is 5.94. The molecule has 0 aliphatic heterocycles. The van der Waals surface area contributed by atoms with E-state index < -0.39 is 0 Å². The predicted molar refractivity (Wildman–Crippen MR) is 114 cm³/mol. The summed E-state index contributed by atoms with van der Waals surface area (Å²) in [5, 5.41) is 10.4. The summed E-state index contributed by atoms with van der Waals surface area (Å²) in [6.07, 6.45) is 1.03. The van der Waals surface area contributed by atoms with Gasteiger partial charge in [-0.05, 0) is 53.3 Å². The third-order valence-electron chi connectivity index (χ3n) is 4.58. The van der Waals surface area contributed by atoms with Gasteiger partial charge in [-0.2, -0.15) is 4.98 Å². The van der Waals surface area contributed by atoms with Crippen LogP contribution in [0.2, 0.25) is 5.02 Å². The molecule has 4 nitrogen and oxygen atoms in total. The van der Waals surface area contributed by atoms with Crippen molar-refractivity contribution in [2.75, 3.05) is 0 Å². The third-order valence-corrected chi connectivity index (χ3v) is 5.77. The Hall–Kier alpha value is -2.47. The van der Waals surface area contributed by atoms with Crippen LogP contribution in [0.15, 0.2) is 70.6 Å². The van der Waals surface area contributed by atoms with Gasteiger partial charge in [0.2, 0.25) is 11.7 Å². The van der Waals surface area contributed by atoms with Crippen LogP contribution in [0.4, 0.5) is 0 Å². The highest BCUT2D eigenvalue weighted by atomic mass is 35.5. The number of thiophene rings is 1. The van der Waals surface area contributed by atoms with E-state index in [9.17, 15) is 0 Å². The Labute approximate surface area is 173 Å². The standard InChI is InChI=1S/C22H20ClN3OS/c1-2-15-5-7-16(8-6-15)21(19-4-3-13-28-19)24-14-20-25-22(26-27-20)17-9-11-18(23)12-10-17/h3-13,21,24H,2,14H2,1H3/t21-/m1/s1. The largest absolute Gasteiger partial charge is 0.338 e. The molecule has 28 heavy (non-hydrogen) atoms. The summed E-state index contributed by atoms with van der Waals surface area (Å²) in [7, 11) is 0. The van der Waals surface area contributed by atoms with E-state index >= 15 is 0 Å². The van der Waals surface area contributed by atoms with Gasteiger partial charge in [-0.25, -0.2) is 0 Å². The van der Waals surface area contributed by atoms with E-state index in [-0.39, 0.29) is 6.04 Å². The average Bonchev–Trinajstić information content (AvgIpc) is 3.42. The SMILES string of the molecule is CCc1ccc([C@@H](NCc2nc(-c3ccc(Cl)cc3)no2)c2cccs2)cc1. The Morgan fingerprint density at radius 3 is 2.54 bits per heavy atom. The summed E-state index contributed by atoms with van der Waals surface area (Å²) in [5.74, 6) is 1.12. The molecule has 4 rings (SSSR count). The van der Waals surface area contributed by atoms with Crippen molar-refractivity contribution >= 4 is 22.9 Å². The van der Waals surface area contributed by atoms with Crippen LogP contribution in [-0.2, 0) is 13.0 Å². The Kier molecular flexibility index (Phi) is 5.86. The van der Waals surface area contributed by atoms with Gasteiger partial charge in [0, 0.05) is 15.5 Å². The highest BCUT2D eigenvalue weighted by molar-refractivity contribution is 7.10.